The van der Waals surface area contributed by atoms with Crippen molar-refractivity contribution in [2.75, 3.05) is 23.3 Å². The van der Waals surface area contributed by atoms with Crippen LogP contribution in [0.2, 0.25) is 0 Å². The van der Waals surface area contributed by atoms with Crippen molar-refractivity contribution in [1.82, 2.24) is 0 Å². The number of anilines is 2. The molecule has 0 spiro atoms. The minimum atomic E-state index is -0.403. The Hall–Kier alpha value is -1.70. The van der Waals surface area contributed by atoms with Crippen LogP contribution in [-0.2, 0) is 0 Å². The molecule has 0 radical (unpaired) electrons. The summed E-state index contributed by atoms with van der Waals surface area (Å²) in [6, 6.07) is 8.42. The van der Waals surface area contributed by atoms with E-state index in [0.29, 0.717) is 14.8 Å². The lowest BCUT2D eigenvalue weighted by Gasteiger charge is -2.30. The topological polar surface area (TPSA) is 32.3 Å². The quantitative estimate of drug-likeness (QED) is 0.693. The fourth-order valence-electron chi connectivity index (χ4n) is 2.88. The number of amides is 1. The van der Waals surface area contributed by atoms with Gasteiger partial charge in [-0.25, -0.2) is 8.78 Å². The van der Waals surface area contributed by atoms with Crippen molar-refractivity contribution in [3.63, 3.8) is 0 Å². The summed E-state index contributed by atoms with van der Waals surface area (Å²) in [6.45, 7) is 1.78. The van der Waals surface area contributed by atoms with E-state index in [9.17, 15) is 13.6 Å². The third-order valence-corrected chi connectivity index (χ3v) is 4.97. The van der Waals surface area contributed by atoms with Gasteiger partial charge in [0.25, 0.3) is 5.91 Å². The predicted molar refractivity (Wildman–Crippen MR) is 99.5 cm³/mol. The SMILES string of the molecule is O=C(Nc1cc(F)ccc1N1CCCCC1)c1ccc(F)cc1I. The van der Waals surface area contributed by atoms with Gasteiger partial charge in [0.15, 0.2) is 0 Å². The van der Waals surface area contributed by atoms with Crippen molar-refractivity contribution in [3.05, 3.63) is 57.2 Å². The van der Waals surface area contributed by atoms with Gasteiger partial charge in [0.1, 0.15) is 11.6 Å². The number of hydrogen-bond donors (Lipinski definition) is 1. The number of carbonyl (C=O) groups is 1. The van der Waals surface area contributed by atoms with E-state index in [1.807, 2.05) is 22.6 Å². The van der Waals surface area contributed by atoms with Crippen LogP contribution in [0.15, 0.2) is 36.4 Å². The maximum Gasteiger partial charge on any atom is 0.256 e. The van der Waals surface area contributed by atoms with E-state index < -0.39 is 11.6 Å². The number of rotatable bonds is 3. The first-order chi connectivity index (χ1) is 11.5. The molecule has 0 bridgehead atoms. The number of nitrogens with one attached hydrogen (secondary N) is 1. The second kappa shape index (κ2) is 7.46. The average Bonchev–Trinajstić information content (AvgIpc) is 2.55. The first-order valence-electron chi connectivity index (χ1n) is 7.85. The molecule has 0 aromatic heterocycles. The third-order valence-electron chi connectivity index (χ3n) is 4.08. The van der Waals surface area contributed by atoms with Crippen molar-refractivity contribution in [2.45, 2.75) is 19.3 Å². The molecule has 2 aromatic rings. The highest BCUT2D eigenvalue weighted by Gasteiger charge is 2.18. The summed E-state index contributed by atoms with van der Waals surface area (Å²) in [7, 11) is 0. The lowest BCUT2D eigenvalue weighted by Crippen LogP contribution is -2.30. The molecule has 0 unspecified atom stereocenters. The van der Waals surface area contributed by atoms with Crippen LogP contribution >= 0.6 is 22.6 Å². The van der Waals surface area contributed by atoms with E-state index in [4.69, 9.17) is 0 Å². The summed E-state index contributed by atoms with van der Waals surface area (Å²) >= 11 is 1.92. The molecule has 1 aliphatic heterocycles. The Morgan fingerprint density at radius 1 is 1.00 bits per heavy atom. The van der Waals surface area contributed by atoms with Crippen LogP contribution in [0.1, 0.15) is 29.6 Å². The Morgan fingerprint density at radius 3 is 2.38 bits per heavy atom. The molecule has 2 aromatic carbocycles. The maximum absolute atomic E-state index is 13.7. The van der Waals surface area contributed by atoms with Gasteiger partial charge in [-0.15, -0.1) is 0 Å². The van der Waals surface area contributed by atoms with E-state index in [1.165, 1.54) is 36.8 Å². The molecule has 3 rings (SSSR count). The van der Waals surface area contributed by atoms with Crippen molar-refractivity contribution < 1.29 is 13.6 Å². The molecular formula is C18H17F2IN2O. The Bertz CT molecular complexity index is 761. The Morgan fingerprint density at radius 2 is 1.67 bits per heavy atom. The normalized spacial score (nSPS) is 14.5. The van der Waals surface area contributed by atoms with Crippen molar-refractivity contribution in [2.24, 2.45) is 0 Å². The van der Waals surface area contributed by atoms with E-state index in [2.05, 4.69) is 10.2 Å². The highest BCUT2D eigenvalue weighted by atomic mass is 127. The summed E-state index contributed by atoms with van der Waals surface area (Å²) in [5.41, 5.74) is 1.63. The molecule has 6 heteroatoms. The summed E-state index contributed by atoms with van der Waals surface area (Å²) in [4.78, 5) is 14.7. The number of benzene rings is 2. The minimum Gasteiger partial charge on any atom is -0.370 e. The van der Waals surface area contributed by atoms with Gasteiger partial charge in [0, 0.05) is 16.7 Å². The lowest BCUT2D eigenvalue weighted by molar-refractivity contribution is 0.102. The van der Waals surface area contributed by atoms with Crippen molar-refractivity contribution in [1.29, 1.82) is 0 Å². The van der Waals surface area contributed by atoms with Gasteiger partial charge < -0.3 is 10.2 Å². The molecule has 1 heterocycles. The van der Waals surface area contributed by atoms with E-state index >= 15 is 0 Å². The van der Waals surface area contributed by atoms with Crippen LogP contribution in [0, 0.1) is 15.2 Å². The van der Waals surface area contributed by atoms with Crippen molar-refractivity contribution in [3.8, 4) is 0 Å². The predicted octanol–water partition coefficient (Wildman–Crippen LogP) is 4.81. The van der Waals surface area contributed by atoms with Crippen LogP contribution in [-0.4, -0.2) is 19.0 Å². The molecule has 1 fully saturated rings. The average molecular weight is 442 g/mol. The zero-order valence-electron chi connectivity index (χ0n) is 13.0. The second-order valence-corrected chi connectivity index (χ2v) is 6.95. The van der Waals surface area contributed by atoms with Crippen LogP contribution in [0.25, 0.3) is 0 Å². The fourth-order valence-corrected chi connectivity index (χ4v) is 3.60. The third kappa shape index (κ3) is 3.85. The van der Waals surface area contributed by atoms with Crippen LogP contribution in [0.4, 0.5) is 20.2 Å². The van der Waals surface area contributed by atoms with Gasteiger partial charge >= 0.3 is 0 Å². The summed E-state index contributed by atoms with van der Waals surface area (Å²) < 4.78 is 27.4. The molecule has 126 valence electrons. The minimum absolute atomic E-state index is 0.367. The highest BCUT2D eigenvalue weighted by molar-refractivity contribution is 14.1. The zero-order chi connectivity index (χ0) is 17.1. The number of hydrogen-bond acceptors (Lipinski definition) is 2. The summed E-state index contributed by atoms with van der Waals surface area (Å²) in [5, 5.41) is 2.78. The van der Waals surface area contributed by atoms with E-state index in [0.717, 1.165) is 31.6 Å². The maximum atomic E-state index is 13.7. The molecule has 3 nitrogen and oxygen atoms in total. The Labute approximate surface area is 153 Å². The van der Waals surface area contributed by atoms with E-state index in [-0.39, 0.29) is 5.91 Å². The fraction of sp³-hybridized carbons (Fsp3) is 0.278. The molecule has 0 saturated carbocycles. The van der Waals surface area contributed by atoms with Gasteiger partial charge in [-0.1, -0.05) is 0 Å². The molecule has 1 N–H and O–H groups in total. The Balaban J connectivity index is 1.88. The number of piperidine rings is 1. The molecule has 1 amide bonds. The molecule has 0 aliphatic carbocycles. The summed E-state index contributed by atoms with van der Waals surface area (Å²) in [6.07, 6.45) is 3.36. The monoisotopic (exact) mass is 442 g/mol. The number of carbonyl (C=O) groups excluding carboxylic acids is 1. The standard InChI is InChI=1S/C18H17F2IN2O/c19-12-4-6-14(15(21)10-12)18(24)22-16-11-13(20)5-7-17(16)23-8-2-1-3-9-23/h4-7,10-11H,1-3,8-9H2,(H,22,24). The summed E-state index contributed by atoms with van der Waals surface area (Å²) in [5.74, 6) is -1.17. The van der Waals surface area contributed by atoms with Crippen LogP contribution < -0.4 is 10.2 Å². The molecule has 1 saturated heterocycles. The Kier molecular flexibility index (Phi) is 5.33. The van der Waals surface area contributed by atoms with Gasteiger partial charge in [-0.3, -0.25) is 4.79 Å². The van der Waals surface area contributed by atoms with Crippen LogP contribution in [0.3, 0.4) is 0 Å². The smallest absolute Gasteiger partial charge is 0.256 e. The molecule has 24 heavy (non-hydrogen) atoms. The van der Waals surface area contributed by atoms with Crippen LogP contribution in [0.5, 0.6) is 0 Å². The molecular weight excluding hydrogens is 425 g/mol. The first-order valence-corrected chi connectivity index (χ1v) is 8.93. The molecule has 0 atom stereocenters. The largest absolute Gasteiger partial charge is 0.370 e. The lowest BCUT2D eigenvalue weighted by atomic mass is 10.1. The highest BCUT2D eigenvalue weighted by Crippen LogP contribution is 2.30. The molecule has 1 aliphatic rings. The van der Waals surface area contributed by atoms with Gasteiger partial charge in [0.05, 0.1) is 16.9 Å². The van der Waals surface area contributed by atoms with Gasteiger partial charge in [-0.05, 0) is 78.3 Å². The number of halogens is 3. The second-order valence-electron chi connectivity index (χ2n) is 5.79. The van der Waals surface area contributed by atoms with E-state index in [1.54, 1.807) is 6.07 Å². The van der Waals surface area contributed by atoms with Crippen molar-refractivity contribution >= 4 is 39.9 Å². The van der Waals surface area contributed by atoms with Gasteiger partial charge in [-0.2, -0.15) is 0 Å². The first kappa shape index (κ1) is 17.1. The van der Waals surface area contributed by atoms with Gasteiger partial charge in [0.2, 0.25) is 0 Å². The zero-order valence-corrected chi connectivity index (χ0v) is 15.1. The number of nitrogens with zero attached hydrogens (tertiary/aromatic N) is 1.